The Balaban J connectivity index is 1.43. The lowest BCUT2D eigenvalue weighted by molar-refractivity contribution is -0.385. The molecule has 0 aliphatic heterocycles. The summed E-state index contributed by atoms with van der Waals surface area (Å²) in [5.41, 5.74) is 2.17. The quantitative estimate of drug-likeness (QED) is 0.346. The molecule has 34 heavy (non-hydrogen) atoms. The minimum Gasteiger partial charge on any atom is -0.352 e. The molecular weight excluding hydrogens is 442 g/mol. The van der Waals surface area contributed by atoms with E-state index >= 15 is 0 Å². The van der Waals surface area contributed by atoms with Gasteiger partial charge in [0.25, 0.3) is 23.2 Å². The van der Waals surface area contributed by atoms with Crippen molar-refractivity contribution in [2.45, 2.75) is 12.8 Å². The molecule has 2 amide bonds. The summed E-state index contributed by atoms with van der Waals surface area (Å²) in [5, 5.41) is 26.8. The summed E-state index contributed by atoms with van der Waals surface area (Å²) in [4.78, 5) is 49.0. The zero-order valence-corrected chi connectivity index (χ0v) is 18.0. The Kier molecular flexibility index (Phi) is 7.95. The molecule has 0 spiro atoms. The fraction of sp³-hybridized carbons (Fsp3) is 0.174. The predicted molar refractivity (Wildman–Crippen MR) is 123 cm³/mol. The van der Waals surface area contributed by atoms with E-state index in [2.05, 4.69) is 15.6 Å². The number of benzene rings is 2. The molecule has 11 heteroatoms. The van der Waals surface area contributed by atoms with Crippen LogP contribution in [0.1, 0.15) is 32.0 Å². The molecule has 11 nitrogen and oxygen atoms in total. The Bertz CT molecular complexity index is 1080. The van der Waals surface area contributed by atoms with E-state index < -0.39 is 15.8 Å². The lowest BCUT2D eigenvalue weighted by atomic mass is 10.1. The molecule has 0 saturated carbocycles. The standard InChI is InChI=1S/C23H21N5O6/c29-22(24-13-11-16-1-6-19(7-2-16)27(31)32)18-5-10-21(26-15-18)23(30)25-14-12-17-3-8-20(9-4-17)28(33)34/h1-10,15H,11-14H2,(H,24,29)(H,25,30). The Morgan fingerprint density at radius 2 is 1.18 bits per heavy atom. The zero-order valence-electron chi connectivity index (χ0n) is 18.0. The molecule has 1 aromatic heterocycles. The highest BCUT2D eigenvalue weighted by molar-refractivity contribution is 5.96. The number of nitrogens with zero attached hydrogens (tertiary/aromatic N) is 3. The monoisotopic (exact) mass is 463 g/mol. The van der Waals surface area contributed by atoms with Crippen LogP contribution in [0.4, 0.5) is 11.4 Å². The Hall–Kier alpha value is -4.67. The molecule has 0 atom stereocenters. The number of carbonyl (C=O) groups is 2. The van der Waals surface area contributed by atoms with Gasteiger partial charge in [0, 0.05) is 43.6 Å². The fourth-order valence-corrected chi connectivity index (χ4v) is 3.06. The van der Waals surface area contributed by atoms with Gasteiger partial charge in [-0.05, 0) is 36.1 Å². The van der Waals surface area contributed by atoms with Crippen molar-refractivity contribution in [3.05, 3.63) is 109 Å². The van der Waals surface area contributed by atoms with Crippen LogP contribution < -0.4 is 10.6 Å². The summed E-state index contributed by atoms with van der Waals surface area (Å²) in [6.45, 7) is 0.657. The smallest absolute Gasteiger partial charge is 0.269 e. The highest BCUT2D eigenvalue weighted by Crippen LogP contribution is 2.13. The van der Waals surface area contributed by atoms with Crippen LogP contribution in [0.5, 0.6) is 0 Å². The molecule has 2 aromatic carbocycles. The van der Waals surface area contributed by atoms with Gasteiger partial charge in [0.2, 0.25) is 0 Å². The lowest BCUT2D eigenvalue weighted by Gasteiger charge is -2.07. The SMILES string of the molecule is O=C(NCCc1ccc([N+](=O)[O-])cc1)c1ccc(C(=O)NCCc2ccc([N+](=O)[O-])cc2)nc1. The summed E-state index contributed by atoms with van der Waals surface area (Å²) in [7, 11) is 0. The van der Waals surface area contributed by atoms with Crippen LogP contribution in [0.25, 0.3) is 0 Å². The van der Waals surface area contributed by atoms with E-state index in [4.69, 9.17) is 0 Å². The Morgan fingerprint density at radius 1 is 0.706 bits per heavy atom. The van der Waals surface area contributed by atoms with E-state index in [0.717, 1.165) is 11.1 Å². The fourth-order valence-electron chi connectivity index (χ4n) is 3.06. The molecule has 0 fully saturated rings. The van der Waals surface area contributed by atoms with E-state index in [1.54, 1.807) is 24.3 Å². The first-order valence-electron chi connectivity index (χ1n) is 10.3. The van der Waals surface area contributed by atoms with Crippen LogP contribution in [0.15, 0.2) is 66.9 Å². The first kappa shape index (κ1) is 24.0. The third-order valence-corrected chi connectivity index (χ3v) is 4.95. The highest BCUT2D eigenvalue weighted by atomic mass is 16.6. The lowest BCUT2D eigenvalue weighted by Crippen LogP contribution is -2.28. The second-order valence-corrected chi connectivity index (χ2v) is 7.29. The third kappa shape index (κ3) is 6.66. The molecule has 0 aliphatic carbocycles. The topological polar surface area (TPSA) is 157 Å². The van der Waals surface area contributed by atoms with Gasteiger partial charge >= 0.3 is 0 Å². The minimum atomic E-state index is -0.472. The van der Waals surface area contributed by atoms with Crippen molar-refractivity contribution in [3.8, 4) is 0 Å². The van der Waals surface area contributed by atoms with E-state index in [-0.39, 0.29) is 23.0 Å². The maximum atomic E-state index is 12.3. The van der Waals surface area contributed by atoms with Crippen LogP contribution in [-0.2, 0) is 12.8 Å². The average Bonchev–Trinajstić information content (AvgIpc) is 2.84. The van der Waals surface area contributed by atoms with E-state index in [0.29, 0.717) is 31.5 Å². The van der Waals surface area contributed by atoms with Crippen molar-refractivity contribution in [3.63, 3.8) is 0 Å². The Morgan fingerprint density at radius 3 is 1.59 bits per heavy atom. The van der Waals surface area contributed by atoms with Gasteiger partial charge in [-0.1, -0.05) is 24.3 Å². The molecular formula is C23H21N5O6. The third-order valence-electron chi connectivity index (χ3n) is 4.95. The van der Waals surface area contributed by atoms with Crippen LogP contribution in [-0.4, -0.2) is 39.7 Å². The van der Waals surface area contributed by atoms with Crippen LogP contribution in [0.3, 0.4) is 0 Å². The molecule has 0 aliphatic rings. The number of hydrogen-bond acceptors (Lipinski definition) is 7. The molecule has 0 bridgehead atoms. The maximum Gasteiger partial charge on any atom is 0.269 e. The van der Waals surface area contributed by atoms with E-state index in [1.165, 1.54) is 42.6 Å². The molecule has 0 radical (unpaired) electrons. The minimum absolute atomic E-state index is 0.00691. The van der Waals surface area contributed by atoms with Gasteiger partial charge < -0.3 is 10.6 Å². The maximum absolute atomic E-state index is 12.3. The first-order chi connectivity index (χ1) is 16.3. The average molecular weight is 463 g/mol. The number of aromatic nitrogens is 1. The number of hydrogen-bond donors (Lipinski definition) is 2. The molecule has 3 aromatic rings. The first-order valence-corrected chi connectivity index (χ1v) is 10.3. The van der Waals surface area contributed by atoms with E-state index in [1.807, 2.05) is 0 Å². The van der Waals surface area contributed by atoms with Gasteiger partial charge in [-0.25, -0.2) is 0 Å². The highest BCUT2D eigenvalue weighted by Gasteiger charge is 2.11. The number of nitrogens with one attached hydrogen (secondary N) is 2. The summed E-state index contributed by atoms with van der Waals surface area (Å²) in [6.07, 6.45) is 2.32. The summed E-state index contributed by atoms with van der Waals surface area (Å²) < 4.78 is 0. The van der Waals surface area contributed by atoms with Gasteiger partial charge in [0.15, 0.2) is 0 Å². The van der Waals surface area contributed by atoms with Crippen molar-refractivity contribution in [2.24, 2.45) is 0 Å². The molecule has 0 unspecified atom stereocenters. The number of nitro groups is 2. The molecule has 2 N–H and O–H groups in total. The van der Waals surface area contributed by atoms with Gasteiger partial charge in [0.1, 0.15) is 5.69 Å². The van der Waals surface area contributed by atoms with Crippen molar-refractivity contribution in [2.75, 3.05) is 13.1 Å². The van der Waals surface area contributed by atoms with Crippen LogP contribution >= 0.6 is 0 Å². The molecule has 3 rings (SSSR count). The summed E-state index contributed by atoms with van der Waals surface area (Å²) >= 11 is 0. The predicted octanol–water partition coefficient (Wildman–Crippen LogP) is 2.84. The number of non-ortho nitro benzene ring substituents is 2. The second-order valence-electron chi connectivity index (χ2n) is 7.29. The van der Waals surface area contributed by atoms with Gasteiger partial charge in [-0.2, -0.15) is 0 Å². The molecule has 174 valence electrons. The largest absolute Gasteiger partial charge is 0.352 e. The number of carbonyl (C=O) groups excluding carboxylic acids is 2. The van der Waals surface area contributed by atoms with Crippen molar-refractivity contribution in [1.82, 2.24) is 15.6 Å². The van der Waals surface area contributed by atoms with Crippen LogP contribution in [0, 0.1) is 20.2 Å². The van der Waals surface area contributed by atoms with Crippen molar-refractivity contribution < 1.29 is 19.4 Å². The van der Waals surface area contributed by atoms with Crippen molar-refractivity contribution in [1.29, 1.82) is 0 Å². The normalized spacial score (nSPS) is 10.4. The number of amides is 2. The molecule has 0 saturated heterocycles. The van der Waals surface area contributed by atoms with Gasteiger partial charge in [0.05, 0.1) is 15.4 Å². The number of nitro benzene ring substituents is 2. The summed E-state index contributed by atoms with van der Waals surface area (Å²) in [5.74, 6) is -0.744. The number of pyridine rings is 1. The second kappa shape index (κ2) is 11.3. The zero-order chi connectivity index (χ0) is 24.5. The van der Waals surface area contributed by atoms with Crippen molar-refractivity contribution >= 4 is 23.2 Å². The Labute approximate surface area is 194 Å². The molecule has 1 heterocycles. The van der Waals surface area contributed by atoms with Gasteiger partial charge in [-0.3, -0.25) is 34.8 Å². The van der Waals surface area contributed by atoms with Gasteiger partial charge in [-0.15, -0.1) is 0 Å². The van der Waals surface area contributed by atoms with Crippen LogP contribution in [0.2, 0.25) is 0 Å². The summed E-state index contributed by atoms with van der Waals surface area (Å²) in [6, 6.07) is 15.2. The van der Waals surface area contributed by atoms with E-state index in [9.17, 15) is 29.8 Å². The number of rotatable bonds is 10.